The van der Waals surface area contributed by atoms with Crippen LogP contribution in [0.15, 0.2) is 9.93 Å². The number of carboxylic acids is 1. The van der Waals surface area contributed by atoms with Gasteiger partial charge in [-0.3, -0.25) is 14.5 Å². The molecule has 2 heterocycles. The summed E-state index contributed by atoms with van der Waals surface area (Å²) in [6, 6.07) is 0. The Morgan fingerprint density at radius 1 is 1.55 bits per heavy atom. The van der Waals surface area contributed by atoms with Crippen molar-refractivity contribution in [2.24, 2.45) is 5.92 Å². The highest BCUT2D eigenvalue weighted by Gasteiger charge is 2.57. The average Bonchev–Trinajstić information content (AvgIpc) is 2.69. The molecule has 3 atom stereocenters. The Morgan fingerprint density at radius 3 is 2.70 bits per heavy atom. The van der Waals surface area contributed by atoms with E-state index in [-0.39, 0.29) is 11.4 Å². The minimum atomic E-state index is -1.22. The summed E-state index contributed by atoms with van der Waals surface area (Å²) < 4.78 is 4.89. The number of fused-ring (bicyclic) bond motifs is 1. The van der Waals surface area contributed by atoms with Gasteiger partial charge in [-0.05, 0) is 6.92 Å². The largest absolute Gasteiger partial charge is 0.477 e. The Kier molecular flexibility index (Phi) is 4.31. The second kappa shape index (κ2) is 5.66. The molecule has 2 aliphatic rings. The molecule has 0 aromatic carbocycles. The van der Waals surface area contributed by atoms with Gasteiger partial charge in [-0.2, -0.15) is 0 Å². The van der Waals surface area contributed by atoms with Crippen LogP contribution in [0.2, 0.25) is 0 Å². The minimum absolute atomic E-state index is 0.0241. The summed E-state index contributed by atoms with van der Waals surface area (Å²) in [4.78, 5) is 35.5. The maximum absolute atomic E-state index is 11.9. The van der Waals surface area contributed by atoms with Gasteiger partial charge in [0, 0.05) is 0 Å². The lowest BCUT2D eigenvalue weighted by molar-refractivity contribution is -0.156. The summed E-state index contributed by atoms with van der Waals surface area (Å²) in [5.74, 6) is -2.72. The van der Waals surface area contributed by atoms with Gasteiger partial charge in [0.25, 0.3) is 0 Å². The molecule has 2 N–H and O–H groups in total. The molecular weight excluding hydrogens is 306 g/mol. The summed E-state index contributed by atoms with van der Waals surface area (Å²) in [5.41, 5.74) is -0.115. The quantitative estimate of drug-likeness (QED) is 0.541. The molecule has 2 unspecified atom stereocenters. The summed E-state index contributed by atoms with van der Waals surface area (Å²) >= 11 is 2.22. The van der Waals surface area contributed by atoms with Crippen molar-refractivity contribution >= 4 is 41.4 Å². The van der Waals surface area contributed by atoms with Crippen LogP contribution in [0.5, 0.6) is 0 Å². The van der Waals surface area contributed by atoms with Gasteiger partial charge in [0.1, 0.15) is 5.37 Å². The summed E-state index contributed by atoms with van der Waals surface area (Å²) in [5, 5.41) is 18.4. The second-order valence-electron chi connectivity index (χ2n) is 4.29. The van der Waals surface area contributed by atoms with Gasteiger partial charge in [0.05, 0.1) is 29.1 Å². The topological polar surface area (TPSA) is 104 Å². The van der Waals surface area contributed by atoms with E-state index in [0.717, 1.165) is 11.8 Å². The van der Waals surface area contributed by atoms with Gasteiger partial charge in [0.15, 0.2) is 5.70 Å². The van der Waals surface area contributed by atoms with Crippen LogP contribution in [0.25, 0.3) is 0 Å². The predicted octanol–water partition coefficient (Wildman–Crippen LogP) is 0.0584. The van der Waals surface area contributed by atoms with E-state index < -0.39 is 35.2 Å². The number of carbonyl (C=O) groups excluding carboxylic acids is 2. The SMILES string of the molecule is COC(=O)CSC1=C(C(=O)O)N2C(=O)C(C(C)O)[C@H]2S1. The van der Waals surface area contributed by atoms with Crippen molar-refractivity contribution in [2.45, 2.75) is 18.4 Å². The number of esters is 1. The number of thioether (sulfide) groups is 2. The van der Waals surface area contributed by atoms with Crippen molar-refractivity contribution in [1.82, 2.24) is 4.90 Å². The zero-order valence-corrected chi connectivity index (χ0v) is 12.4. The Balaban J connectivity index is 2.17. The van der Waals surface area contributed by atoms with E-state index >= 15 is 0 Å². The fourth-order valence-electron chi connectivity index (χ4n) is 2.03. The van der Waals surface area contributed by atoms with Crippen LogP contribution in [0.1, 0.15) is 6.92 Å². The number of carboxylic acid groups (broad SMARTS) is 1. The molecule has 20 heavy (non-hydrogen) atoms. The predicted molar refractivity (Wildman–Crippen MR) is 72.5 cm³/mol. The van der Waals surface area contributed by atoms with E-state index in [4.69, 9.17) is 0 Å². The van der Waals surface area contributed by atoms with Gasteiger partial charge in [-0.1, -0.05) is 11.8 Å². The number of hydrogen-bond acceptors (Lipinski definition) is 7. The van der Waals surface area contributed by atoms with Crippen LogP contribution >= 0.6 is 23.5 Å². The third-order valence-corrected chi connectivity index (χ3v) is 5.65. The Labute approximate surface area is 123 Å². The van der Waals surface area contributed by atoms with Crippen molar-refractivity contribution in [1.29, 1.82) is 0 Å². The lowest BCUT2D eigenvalue weighted by Gasteiger charge is -2.43. The smallest absolute Gasteiger partial charge is 0.354 e. The number of aliphatic hydroxyl groups is 1. The molecule has 2 aliphatic heterocycles. The number of amides is 1. The Hall–Kier alpha value is -1.19. The van der Waals surface area contributed by atoms with E-state index in [1.54, 1.807) is 0 Å². The van der Waals surface area contributed by atoms with Gasteiger partial charge in [-0.15, -0.1) is 11.8 Å². The van der Waals surface area contributed by atoms with E-state index in [9.17, 15) is 24.6 Å². The number of aliphatic hydroxyl groups excluding tert-OH is 1. The molecule has 0 radical (unpaired) electrons. The molecule has 0 bridgehead atoms. The molecule has 1 amide bonds. The summed E-state index contributed by atoms with van der Waals surface area (Å²) in [7, 11) is 1.25. The highest BCUT2D eigenvalue weighted by atomic mass is 32.2. The zero-order valence-electron chi connectivity index (χ0n) is 10.7. The van der Waals surface area contributed by atoms with E-state index in [1.165, 1.54) is 30.7 Å². The first-order chi connectivity index (χ1) is 9.38. The monoisotopic (exact) mass is 319 g/mol. The van der Waals surface area contributed by atoms with E-state index in [1.807, 2.05) is 0 Å². The van der Waals surface area contributed by atoms with Gasteiger partial charge >= 0.3 is 11.9 Å². The fraction of sp³-hybridized carbons (Fsp3) is 0.545. The molecule has 2 rings (SSSR count). The molecule has 1 fully saturated rings. The van der Waals surface area contributed by atoms with Crippen LogP contribution in [-0.2, 0) is 19.1 Å². The highest BCUT2D eigenvalue weighted by molar-refractivity contribution is 8.23. The molecule has 0 spiro atoms. The van der Waals surface area contributed by atoms with Crippen molar-refractivity contribution in [3.63, 3.8) is 0 Å². The minimum Gasteiger partial charge on any atom is -0.477 e. The molecule has 7 nitrogen and oxygen atoms in total. The second-order valence-corrected chi connectivity index (χ2v) is 6.66. The number of aliphatic carboxylic acids is 1. The normalized spacial score (nSPS) is 26.1. The molecule has 1 saturated heterocycles. The van der Waals surface area contributed by atoms with Crippen LogP contribution in [0.4, 0.5) is 0 Å². The zero-order chi connectivity index (χ0) is 15.0. The van der Waals surface area contributed by atoms with E-state index in [0.29, 0.717) is 4.24 Å². The highest BCUT2D eigenvalue weighted by Crippen LogP contribution is 2.53. The summed E-state index contributed by atoms with van der Waals surface area (Å²) in [6.45, 7) is 1.50. The average molecular weight is 319 g/mol. The fourth-order valence-corrected chi connectivity index (χ4v) is 4.79. The summed E-state index contributed by atoms with van der Waals surface area (Å²) in [6.07, 6.45) is -0.837. The first kappa shape index (κ1) is 15.2. The Bertz CT molecular complexity index is 503. The molecule has 0 aromatic heterocycles. The molecule has 110 valence electrons. The van der Waals surface area contributed by atoms with Gasteiger partial charge < -0.3 is 14.9 Å². The maximum atomic E-state index is 11.9. The number of hydrogen-bond donors (Lipinski definition) is 2. The standard InChI is InChI=1S/C11H13NO6S2/c1-4(13)6-8(15)12-7(10(16)17)11(20-9(6)12)19-3-5(14)18-2/h4,6,9,13H,3H2,1-2H3,(H,16,17)/t4?,6?,9-/m1/s1. The first-order valence-corrected chi connectivity index (χ1v) is 7.60. The molecule has 9 heteroatoms. The van der Waals surface area contributed by atoms with Crippen molar-refractivity contribution in [3.05, 3.63) is 9.93 Å². The van der Waals surface area contributed by atoms with Crippen LogP contribution in [-0.4, -0.2) is 57.3 Å². The third kappa shape index (κ3) is 2.40. The van der Waals surface area contributed by atoms with Gasteiger partial charge in [0.2, 0.25) is 5.91 Å². The lowest BCUT2D eigenvalue weighted by Crippen LogP contribution is -2.60. The Morgan fingerprint density at radius 2 is 2.20 bits per heavy atom. The number of rotatable bonds is 5. The molecule has 0 aliphatic carbocycles. The number of methoxy groups -OCH3 is 1. The van der Waals surface area contributed by atoms with Crippen molar-refractivity contribution < 1.29 is 29.3 Å². The maximum Gasteiger partial charge on any atom is 0.354 e. The van der Waals surface area contributed by atoms with E-state index in [2.05, 4.69) is 4.74 Å². The third-order valence-electron chi connectivity index (χ3n) is 3.02. The molecule has 0 saturated carbocycles. The van der Waals surface area contributed by atoms with Crippen LogP contribution < -0.4 is 0 Å². The van der Waals surface area contributed by atoms with Crippen molar-refractivity contribution in [3.8, 4) is 0 Å². The number of carbonyl (C=O) groups is 3. The van der Waals surface area contributed by atoms with Crippen LogP contribution in [0.3, 0.4) is 0 Å². The molecule has 0 aromatic rings. The molecular formula is C11H13NO6S2. The number of ether oxygens (including phenoxy) is 1. The first-order valence-electron chi connectivity index (χ1n) is 5.73. The number of nitrogens with zero attached hydrogens (tertiary/aromatic N) is 1. The van der Waals surface area contributed by atoms with Crippen LogP contribution in [0, 0.1) is 5.92 Å². The number of β-lactam (4-membered cyclic amide) rings is 1. The van der Waals surface area contributed by atoms with Gasteiger partial charge in [-0.25, -0.2) is 4.79 Å². The lowest BCUT2D eigenvalue weighted by atomic mass is 9.92. The van der Waals surface area contributed by atoms with Crippen molar-refractivity contribution in [2.75, 3.05) is 12.9 Å².